The van der Waals surface area contributed by atoms with E-state index in [1.54, 1.807) is 17.4 Å². The van der Waals surface area contributed by atoms with E-state index in [1.807, 2.05) is 117 Å². The highest BCUT2D eigenvalue weighted by Crippen LogP contribution is 2.40. The zero-order valence-electron chi connectivity index (χ0n) is 44.0. The molecule has 0 unspecified atom stereocenters. The van der Waals surface area contributed by atoms with Crippen molar-refractivity contribution < 1.29 is 29.1 Å². The number of carbonyl (C=O) groups is 2. The number of thiophene rings is 2. The van der Waals surface area contributed by atoms with Gasteiger partial charge in [-0.3, -0.25) is 0 Å². The number of amides is 2. The second-order valence-corrected chi connectivity index (χ2v) is 23.8. The van der Waals surface area contributed by atoms with E-state index in [9.17, 15) is 19.6 Å². The van der Waals surface area contributed by atoms with E-state index < -0.39 is 18.3 Å². The van der Waals surface area contributed by atoms with Gasteiger partial charge in [-0.15, -0.1) is 22.7 Å². The SMILES string of the molecule is CC[C@H](C)CN(C(=O)OC(C)(C)C)[C@H](C)c1ccc(-c2cccc3c2sc2ccccc23)cc1.CC[C@H](C)CN(C(=O)OC(C)(C)C)[C@H](C)c1ccc(Br)cc1.OB(O)c1cccc2c1sc1ccccc12. The molecule has 0 radical (unpaired) electrons. The summed E-state index contributed by atoms with van der Waals surface area (Å²) >= 11 is 6.89. The summed E-state index contributed by atoms with van der Waals surface area (Å²) in [6, 6.07) is 45.5. The van der Waals surface area contributed by atoms with Crippen LogP contribution in [0.2, 0.25) is 0 Å². The molecule has 2 amide bonds. The summed E-state index contributed by atoms with van der Waals surface area (Å²) in [4.78, 5) is 29.3. The highest BCUT2D eigenvalue weighted by atomic mass is 79.9. The van der Waals surface area contributed by atoms with Gasteiger partial charge >= 0.3 is 19.3 Å². The third kappa shape index (κ3) is 14.5. The number of carbonyl (C=O) groups excluding carboxylic acids is 2. The minimum Gasteiger partial charge on any atom is -0.444 e. The molecule has 8 rings (SSSR count). The Balaban J connectivity index is 0.000000191. The summed E-state index contributed by atoms with van der Waals surface area (Å²) in [7, 11) is -1.41. The van der Waals surface area contributed by atoms with Gasteiger partial charge in [0.1, 0.15) is 11.2 Å². The Morgan fingerprint density at radius 1 is 0.556 bits per heavy atom. The van der Waals surface area contributed by atoms with Crippen LogP contribution in [0, 0.1) is 11.8 Å². The lowest BCUT2D eigenvalue weighted by Crippen LogP contribution is -2.40. The third-order valence-electron chi connectivity index (χ3n) is 12.8. The summed E-state index contributed by atoms with van der Waals surface area (Å²) in [6.07, 6.45) is 1.55. The van der Waals surface area contributed by atoms with Crippen LogP contribution >= 0.6 is 38.6 Å². The zero-order chi connectivity index (χ0) is 52.5. The van der Waals surface area contributed by atoms with Crippen LogP contribution in [0.25, 0.3) is 51.5 Å². The fraction of sp³-hybridized carbons (Fsp3) is 0.367. The van der Waals surface area contributed by atoms with Gasteiger partial charge in [0, 0.05) is 52.5 Å². The molecule has 2 N–H and O–H groups in total. The normalized spacial score (nSPS) is 13.3. The molecule has 0 spiro atoms. The average Bonchev–Trinajstić information content (AvgIpc) is 3.93. The quantitative estimate of drug-likeness (QED) is 0.118. The van der Waals surface area contributed by atoms with Crippen molar-refractivity contribution in [3.8, 4) is 11.1 Å². The highest BCUT2D eigenvalue weighted by Gasteiger charge is 2.30. The standard InChI is InChI=1S/C30H35NO2S.C18H28BrNO2.C12H9BO2S/c1-7-20(2)19-31(29(32)33-30(4,5)6)21(3)22-15-17-23(18-16-22)24-12-10-13-26-25-11-8-9-14-27(25)34-28(24)26;1-7-13(2)12-20(17(21)22-18(4,5)6)14(3)15-8-10-16(19)11-9-15;14-13(15)10-6-3-5-9-8-4-1-2-7-11(8)16-12(9)10/h8-18,20-21H,7,19H2,1-6H3;8-11,13-14H,7,12H2,1-6H3;1-7,14-15H/t20-,21+;13-,14+;/m00./s1. The van der Waals surface area contributed by atoms with Crippen molar-refractivity contribution in [3.63, 3.8) is 0 Å². The van der Waals surface area contributed by atoms with Crippen molar-refractivity contribution in [1.29, 1.82) is 0 Å². The lowest BCUT2D eigenvalue weighted by atomic mass is 9.80. The predicted molar refractivity (Wildman–Crippen MR) is 310 cm³/mol. The van der Waals surface area contributed by atoms with Gasteiger partial charge in [0.15, 0.2) is 0 Å². The first kappa shape index (κ1) is 56.1. The smallest absolute Gasteiger partial charge is 0.444 e. The van der Waals surface area contributed by atoms with E-state index in [2.05, 4.69) is 130 Å². The van der Waals surface area contributed by atoms with Crippen molar-refractivity contribution in [2.45, 2.75) is 119 Å². The molecule has 72 heavy (non-hydrogen) atoms. The minimum absolute atomic E-state index is 0.0167. The first-order valence-electron chi connectivity index (χ1n) is 25.1. The van der Waals surface area contributed by atoms with Gasteiger partial charge in [-0.05, 0) is 125 Å². The summed E-state index contributed by atoms with van der Waals surface area (Å²) in [5.41, 5.74) is 4.25. The van der Waals surface area contributed by atoms with E-state index in [-0.39, 0.29) is 24.3 Å². The van der Waals surface area contributed by atoms with Gasteiger partial charge in [-0.2, -0.15) is 0 Å². The maximum Gasteiger partial charge on any atom is 0.489 e. The Kier molecular flexibility index (Phi) is 19.2. The van der Waals surface area contributed by atoms with E-state index >= 15 is 0 Å². The number of nitrogens with zero attached hydrogens (tertiary/aromatic N) is 2. The summed E-state index contributed by atoms with van der Waals surface area (Å²) < 4.78 is 17.1. The molecular formula is C60H72BBrN2O6S2. The molecule has 0 aliphatic carbocycles. The molecule has 0 fully saturated rings. The molecule has 8 nitrogen and oxygen atoms in total. The predicted octanol–water partition coefficient (Wildman–Crippen LogP) is 16.6. The molecule has 8 aromatic rings. The Bertz CT molecular complexity index is 3050. The van der Waals surface area contributed by atoms with E-state index in [0.29, 0.717) is 30.4 Å². The zero-order valence-corrected chi connectivity index (χ0v) is 47.3. The third-order valence-corrected chi connectivity index (χ3v) is 15.8. The first-order chi connectivity index (χ1) is 34.1. The first-order valence-corrected chi connectivity index (χ1v) is 27.5. The molecule has 0 saturated carbocycles. The molecule has 2 heterocycles. The summed E-state index contributed by atoms with van der Waals surface area (Å²) in [6.45, 7) is 25.6. The van der Waals surface area contributed by atoms with Crippen LogP contribution < -0.4 is 5.46 Å². The van der Waals surface area contributed by atoms with Gasteiger partial charge in [0.05, 0.1) is 12.1 Å². The summed E-state index contributed by atoms with van der Waals surface area (Å²) in [5, 5.41) is 23.5. The molecule has 2 aromatic heterocycles. The molecule has 12 heteroatoms. The number of fused-ring (bicyclic) bond motifs is 6. The van der Waals surface area contributed by atoms with Crippen molar-refractivity contribution in [2.24, 2.45) is 11.8 Å². The van der Waals surface area contributed by atoms with Crippen LogP contribution in [0.15, 0.2) is 138 Å². The number of rotatable bonds is 12. The van der Waals surface area contributed by atoms with E-state index in [4.69, 9.17) is 9.47 Å². The molecule has 0 bridgehead atoms. The van der Waals surface area contributed by atoms with Crippen molar-refractivity contribution in [3.05, 3.63) is 149 Å². The van der Waals surface area contributed by atoms with Gasteiger partial charge in [-0.1, -0.05) is 166 Å². The topological polar surface area (TPSA) is 99.5 Å². The number of hydrogen-bond donors (Lipinski definition) is 2. The Labute approximate surface area is 444 Å². The fourth-order valence-electron chi connectivity index (χ4n) is 8.34. The average molecular weight is 1070 g/mol. The van der Waals surface area contributed by atoms with Crippen LogP contribution in [0.5, 0.6) is 0 Å². The second-order valence-electron chi connectivity index (χ2n) is 20.8. The molecule has 0 aliphatic heterocycles. The molecule has 6 aromatic carbocycles. The largest absolute Gasteiger partial charge is 0.489 e. The van der Waals surface area contributed by atoms with Gasteiger partial charge in [0.2, 0.25) is 0 Å². The van der Waals surface area contributed by atoms with Gasteiger partial charge < -0.3 is 29.3 Å². The fourth-order valence-corrected chi connectivity index (χ4v) is 11.1. The number of ether oxygens (including phenoxy) is 2. The second kappa shape index (κ2) is 24.7. The highest BCUT2D eigenvalue weighted by molar-refractivity contribution is 9.10. The van der Waals surface area contributed by atoms with Gasteiger partial charge in [0.25, 0.3) is 0 Å². The number of hydrogen-bond acceptors (Lipinski definition) is 8. The van der Waals surface area contributed by atoms with Crippen LogP contribution in [-0.2, 0) is 9.47 Å². The molecule has 4 atom stereocenters. The monoisotopic (exact) mass is 1070 g/mol. The number of benzene rings is 6. The Hall–Kier alpha value is -5.24. The number of halogens is 1. The van der Waals surface area contributed by atoms with Crippen LogP contribution in [0.1, 0.15) is 119 Å². The van der Waals surface area contributed by atoms with Gasteiger partial charge in [-0.25, -0.2) is 9.59 Å². The van der Waals surface area contributed by atoms with Crippen molar-refractivity contribution in [1.82, 2.24) is 9.80 Å². The maximum absolute atomic E-state index is 13.1. The van der Waals surface area contributed by atoms with Crippen LogP contribution in [-0.4, -0.2) is 63.4 Å². The lowest BCUT2D eigenvalue weighted by Gasteiger charge is -2.33. The molecule has 0 aliphatic rings. The van der Waals surface area contributed by atoms with Crippen molar-refractivity contribution >= 4 is 104 Å². The molecular weight excluding hydrogens is 1000 g/mol. The van der Waals surface area contributed by atoms with E-state index in [1.165, 1.54) is 41.4 Å². The Morgan fingerprint density at radius 2 is 0.958 bits per heavy atom. The maximum atomic E-state index is 13.1. The summed E-state index contributed by atoms with van der Waals surface area (Å²) in [5.74, 6) is 0.838. The lowest BCUT2D eigenvalue weighted by molar-refractivity contribution is 0.0131. The molecule has 0 saturated heterocycles. The van der Waals surface area contributed by atoms with Crippen LogP contribution in [0.4, 0.5) is 9.59 Å². The van der Waals surface area contributed by atoms with Crippen LogP contribution in [0.3, 0.4) is 0 Å². The van der Waals surface area contributed by atoms with E-state index in [0.717, 1.165) is 38.5 Å². The molecule has 380 valence electrons. The Morgan fingerprint density at radius 3 is 1.40 bits per heavy atom. The van der Waals surface area contributed by atoms with Crippen molar-refractivity contribution in [2.75, 3.05) is 13.1 Å². The minimum atomic E-state index is -1.41.